The standard InChI is InChI=1S/C22H23N3O3S/c1-27-18-8-6-16(7-9-18)22-23-17(15-29-22)14-21(26)24-19-4-2-3-5-20(19)25-10-12-28-13-11-25/h2-9,15H,10-14H2,1H3,(H,24,26). The lowest BCUT2D eigenvalue weighted by molar-refractivity contribution is -0.115. The monoisotopic (exact) mass is 409 g/mol. The molecule has 6 nitrogen and oxygen atoms in total. The van der Waals surface area contributed by atoms with Crippen molar-refractivity contribution in [2.24, 2.45) is 0 Å². The Morgan fingerprint density at radius 2 is 1.93 bits per heavy atom. The fraction of sp³-hybridized carbons (Fsp3) is 0.273. The van der Waals surface area contributed by atoms with Crippen molar-refractivity contribution in [3.8, 4) is 16.3 Å². The van der Waals surface area contributed by atoms with Gasteiger partial charge in [0.1, 0.15) is 10.8 Å². The first-order valence-corrected chi connectivity index (χ1v) is 10.4. The summed E-state index contributed by atoms with van der Waals surface area (Å²) < 4.78 is 10.6. The van der Waals surface area contributed by atoms with Crippen LogP contribution in [-0.2, 0) is 16.0 Å². The van der Waals surface area contributed by atoms with Crippen LogP contribution in [0.1, 0.15) is 5.69 Å². The van der Waals surface area contributed by atoms with Crippen molar-refractivity contribution in [3.63, 3.8) is 0 Å². The maximum Gasteiger partial charge on any atom is 0.230 e. The van der Waals surface area contributed by atoms with Crippen molar-refractivity contribution < 1.29 is 14.3 Å². The molecule has 1 N–H and O–H groups in total. The van der Waals surface area contributed by atoms with Gasteiger partial charge in [-0.3, -0.25) is 4.79 Å². The highest BCUT2D eigenvalue weighted by Crippen LogP contribution is 2.28. The molecule has 7 heteroatoms. The highest BCUT2D eigenvalue weighted by molar-refractivity contribution is 7.13. The van der Waals surface area contributed by atoms with E-state index in [1.165, 1.54) is 11.3 Å². The van der Waals surface area contributed by atoms with Crippen LogP contribution < -0.4 is 15.0 Å². The molecular formula is C22H23N3O3S. The lowest BCUT2D eigenvalue weighted by Crippen LogP contribution is -2.36. The molecule has 150 valence electrons. The normalized spacial score (nSPS) is 13.9. The van der Waals surface area contributed by atoms with Crippen LogP contribution in [0.3, 0.4) is 0 Å². The van der Waals surface area contributed by atoms with E-state index < -0.39 is 0 Å². The summed E-state index contributed by atoms with van der Waals surface area (Å²) >= 11 is 1.54. The van der Waals surface area contributed by atoms with Crippen molar-refractivity contribution in [1.82, 2.24) is 4.98 Å². The Hall–Kier alpha value is -2.90. The van der Waals surface area contributed by atoms with E-state index in [0.29, 0.717) is 13.2 Å². The summed E-state index contributed by atoms with van der Waals surface area (Å²) in [5, 5.41) is 5.88. The van der Waals surface area contributed by atoms with Gasteiger partial charge >= 0.3 is 0 Å². The zero-order valence-corrected chi connectivity index (χ0v) is 17.1. The Morgan fingerprint density at radius 1 is 1.17 bits per heavy atom. The van der Waals surface area contributed by atoms with Gasteiger partial charge < -0.3 is 19.7 Å². The number of carbonyl (C=O) groups excluding carboxylic acids is 1. The summed E-state index contributed by atoms with van der Waals surface area (Å²) in [4.78, 5) is 19.5. The average Bonchev–Trinajstić information content (AvgIpc) is 3.23. The van der Waals surface area contributed by atoms with E-state index in [1.807, 2.05) is 53.9 Å². The van der Waals surface area contributed by atoms with Crippen LogP contribution in [0.4, 0.5) is 11.4 Å². The smallest absolute Gasteiger partial charge is 0.230 e. The maximum atomic E-state index is 12.6. The molecular weight excluding hydrogens is 386 g/mol. The highest BCUT2D eigenvalue weighted by atomic mass is 32.1. The zero-order chi connectivity index (χ0) is 20.1. The maximum absolute atomic E-state index is 12.6. The summed E-state index contributed by atoms with van der Waals surface area (Å²) in [7, 11) is 1.65. The quantitative estimate of drug-likeness (QED) is 0.670. The van der Waals surface area contributed by atoms with Crippen LogP contribution in [0.5, 0.6) is 5.75 Å². The van der Waals surface area contributed by atoms with E-state index in [0.717, 1.165) is 46.5 Å². The largest absolute Gasteiger partial charge is 0.497 e. The molecule has 29 heavy (non-hydrogen) atoms. The highest BCUT2D eigenvalue weighted by Gasteiger charge is 2.16. The van der Waals surface area contributed by atoms with E-state index in [4.69, 9.17) is 9.47 Å². The number of thiazole rings is 1. The summed E-state index contributed by atoms with van der Waals surface area (Å²) in [6.45, 7) is 3.05. The number of benzene rings is 2. The molecule has 0 atom stereocenters. The Kier molecular flexibility index (Phi) is 6.07. The Morgan fingerprint density at radius 3 is 2.69 bits per heavy atom. The van der Waals surface area contributed by atoms with Crippen molar-refractivity contribution in [2.45, 2.75) is 6.42 Å². The number of nitrogens with one attached hydrogen (secondary N) is 1. The van der Waals surface area contributed by atoms with Gasteiger partial charge in [-0.2, -0.15) is 0 Å². The number of nitrogens with zero attached hydrogens (tertiary/aromatic N) is 2. The molecule has 1 aliphatic rings. The van der Waals surface area contributed by atoms with Crippen molar-refractivity contribution in [2.75, 3.05) is 43.6 Å². The number of methoxy groups -OCH3 is 1. The van der Waals surface area contributed by atoms with Crippen LogP contribution in [0.15, 0.2) is 53.9 Å². The predicted molar refractivity (Wildman–Crippen MR) is 116 cm³/mol. The molecule has 0 aliphatic carbocycles. The number of rotatable bonds is 6. The molecule has 4 rings (SSSR count). The molecule has 0 bridgehead atoms. The van der Waals surface area contributed by atoms with Gasteiger partial charge in [-0.05, 0) is 36.4 Å². The van der Waals surface area contributed by atoms with E-state index in [1.54, 1.807) is 7.11 Å². The molecule has 0 unspecified atom stereocenters. The first-order valence-electron chi connectivity index (χ1n) is 9.53. The third-order valence-corrected chi connectivity index (χ3v) is 5.70. The van der Waals surface area contributed by atoms with Gasteiger partial charge in [0.15, 0.2) is 0 Å². The number of amides is 1. The van der Waals surface area contributed by atoms with Crippen LogP contribution >= 0.6 is 11.3 Å². The number of hydrogen-bond acceptors (Lipinski definition) is 6. The topological polar surface area (TPSA) is 63.7 Å². The van der Waals surface area contributed by atoms with Crippen LogP contribution in [-0.4, -0.2) is 44.3 Å². The van der Waals surface area contributed by atoms with Gasteiger partial charge in [0.25, 0.3) is 0 Å². The first-order chi connectivity index (χ1) is 14.2. The van der Waals surface area contributed by atoms with Crippen LogP contribution in [0.2, 0.25) is 0 Å². The number of anilines is 2. The van der Waals surface area contributed by atoms with Gasteiger partial charge in [0, 0.05) is 24.0 Å². The molecule has 0 radical (unpaired) electrons. The molecule has 0 saturated carbocycles. The van der Waals surface area contributed by atoms with Crippen molar-refractivity contribution in [3.05, 3.63) is 59.6 Å². The molecule has 1 fully saturated rings. The van der Waals surface area contributed by atoms with E-state index in [2.05, 4.69) is 15.2 Å². The van der Waals surface area contributed by atoms with E-state index >= 15 is 0 Å². The third kappa shape index (κ3) is 4.75. The Labute approximate surface area is 174 Å². The third-order valence-electron chi connectivity index (χ3n) is 4.76. The molecule has 1 amide bonds. The van der Waals surface area contributed by atoms with E-state index in [9.17, 15) is 4.79 Å². The average molecular weight is 410 g/mol. The minimum Gasteiger partial charge on any atom is -0.497 e. The summed E-state index contributed by atoms with van der Waals surface area (Å²) in [5.41, 5.74) is 3.63. The number of hydrogen-bond donors (Lipinski definition) is 1. The lowest BCUT2D eigenvalue weighted by Gasteiger charge is -2.30. The van der Waals surface area contributed by atoms with Crippen LogP contribution in [0, 0.1) is 0 Å². The molecule has 1 aliphatic heterocycles. The van der Waals surface area contributed by atoms with Gasteiger partial charge in [0.05, 0.1) is 43.8 Å². The van der Waals surface area contributed by atoms with Crippen molar-refractivity contribution in [1.29, 1.82) is 0 Å². The molecule has 1 aromatic heterocycles. The number of morpholine rings is 1. The fourth-order valence-corrected chi connectivity index (χ4v) is 4.10. The number of aromatic nitrogens is 1. The lowest BCUT2D eigenvalue weighted by atomic mass is 10.2. The molecule has 2 heterocycles. The minimum atomic E-state index is -0.0720. The second kappa shape index (κ2) is 9.07. The molecule has 3 aromatic rings. The Bertz CT molecular complexity index is 965. The SMILES string of the molecule is COc1ccc(-c2nc(CC(=O)Nc3ccccc3N3CCOCC3)cs2)cc1. The van der Waals surface area contributed by atoms with E-state index in [-0.39, 0.29) is 12.3 Å². The summed E-state index contributed by atoms with van der Waals surface area (Å²) in [5.74, 6) is 0.737. The molecule has 0 spiro atoms. The number of ether oxygens (including phenoxy) is 2. The minimum absolute atomic E-state index is 0.0720. The fourth-order valence-electron chi connectivity index (χ4n) is 3.27. The van der Waals surface area contributed by atoms with Gasteiger partial charge in [-0.1, -0.05) is 12.1 Å². The van der Waals surface area contributed by atoms with Gasteiger partial charge in [0.2, 0.25) is 5.91 Å². The predicted octanol–water partition coefficient (Wildman–Crippen LogP) is 3.84. The summed E-state index contributed by atoms with van der Waals surface area (Å²) in [6.07, 6.45) is 0.240. The zero-order valence-electron chi connectivity index (χ0n) is 16.3. The summed E-state index contributed by atoms with van der Waals surface area (Å²) in [6, 6.07) is 15.7. The second-order valence-corrected chi connectivity index (χ2v) is 7.57. The van der Waals surface area contributed by atoms with Gasteiger partial charge in [-0.15, -0.1) is 11.3 Å². The molecule has 2 aromatic carbocycles. The number of para-hydroxylation sites is 2. The second-order valence-electron chi connectivity index (χ2n) is 6.71. The van der Waals surface area contributed by atoms with Crippen molar-refractivity contribution >= 4 is 28.6 Å². The molecule has 1 saturated heterocycles. The van der Waals surface area contributed by atoms with Gasteiger partial charge in [-0.25, -0.2) is 4.98 Å². The number of carbonyl (C=O) groups is 1. The Balaban J connectivity index is 1.42. The van der Waals surface area contributed by atoms with Crippen LogP contribution in [0.25, 0.3) is 10.6 Å². The first kappa shape index (κ1) is 19.4.